The van der Waals surface area contributed by atoms with Gasteiger partial charge in [-0.15, -0.1) is 0 Å². The molecule has 0 saturated heterocycles. The number of aromatic carboxylic acids is 1. The molecule has 0 aliphatic rings. The van der Waals surface area contributed by atoms with Crippen LogP contribution in [0.5, 0.6) is 11.5 Å². The third-order valence-corrected chi connectivity index (χ3v) is 2.31. The van der Waals surface area contributed by atoms with Crippen LogP contribution in [0.4, 0.5) is 0 Å². The second-order valence-corrected chi connectivity index (χ2v) is 6.60. The standard InChI is InChI=1S/C9H12O5Si/c1-15(2,13)14-7-5-3-4-6(8(7)10)9(11)12/h3-5,10,13H,1-2H3,(H,11,12). The molecule has 0 spiro atoms. The molecule has 0 atom stereocenters. The molecule has 82 valence electrons. The van der Waals surface area contributed by atoms with Gasteiger partial charge in [0.1, 0.15) is 11.3 Å². The zero-order valence-electron chi connectivity index (χ0n) is 8.39. The summed E-state index contributed by atoms with van der Waals surface area (Å²) in [6.45, 7) is 3.03. The first-order chi connectivity index (χ1) is 6.81. The molecule has 5 nitrogen and oxygen atoms in total. The molecule has 0 aromatic heterocycles. The number of carboxylic acids is 1. The number of hydrogen-bond donors (Lipinski definition) is 3. The number of carbonyl (C=O) groups is 1. The topological polar surface area (TPSA) is 87.0 Å². The maximum atomic E-state index is 10.7. The van der Waals surface area contributed by atoms with Crippen LogP contribution in [0.15, 0.2) is 18.2 Å². The molecule has 0 amide bonds. The Kier molecular flexibility index (Phi) is 3.01. The first kappa shape index (κ1) is 11.5. The van der Waals surface area contributed by atoms with Crippen molar-refractivity contribution in [2.75, 3.05) is 0 Å². The molecule has 6 heteroatoms. The average molecular weight is 228 g/mol. The number of hydrogen-bond acceptors (Lipinski definition) is 4. The normalized spacial score (nSPS) is 11.1. The van der Waals surface area contributed by atoms with Crippen LogP contribution < -0.4 is 4.43 Å². The van der Waals surface area contributed by atoms with Gasteiger partial charge in [0, 0.05) is 0 Å². The first-order valence-electron chi connectivity index (χ1n) is 4.28. The van der Waals surface area contributed by atoms with E-state index in [1.54, 1.807) is 0 Å². The quantitative estimate of drug-likeness (QED) is 0.676. The molecule has 0 aliphatic carbocycles. The fourth-order valence-corrected chi connectivity index (χ4v) is 1.75. The summed E-state index contributed by atoms with van der Waals surface area (Å²) >= 11 is 0. The third kappa shape index (κ3) is 2.96. The molecule has 0 saturated carbocycles. The van der Waals surface area contributed by atoms with Crippen molar-refractivity contribution >= 4 is 14.5 Å². The highest BCUT2D eigenvalue weighted by Gasteiger charge is 2.24. The molecule has 1 rings (SSSR count). The van der Waals surface area contributed by atoms with E-state index in [2.05, 4.69) is 0 Å². The number of para-hydroxylation sites is 1. The highest BCUT2D eigenvalue weighted by Crippen LogP contribution is 2.31. The number of aromatic hydroxyl groups is 1. The van der Waals surface area contributed by atoms with Crippen LogP contribution in [0.3, 0.4) is 0 Å². The lowest BCUT2D eigenvalue weighted by Crippen LogP contribution is -2.33. The summed E-state index contributed by atoms with van der Waals surface area (Å²) in [6.07, 6.45) is 0. The van der Waals surface area contributed by atoms with Crippen LogP contribution in [0, 0.1) is 0 Å². The van der Waals surface area contributed by atoms with Crippen molar-refractivity contribution < 1.29 is 24.2 Å². The first-order valence-corrected chi connectivity index (χ1v) is 7.13. The Hall–Kier alpha value is -1.53. The number of rotatable bonds is 3. The molecule has 0 bridgehead atoms. The van der Waals surface area contributed by atoms with Crippen molar-refractivity contribution in [1.82, 2.24) is 0 Å². The Balaban J connectivity index is 3.10. The van der Waals surface area contributed by atoms with E-state index in [0.717, 1.165) is 0 Å². The van der Waals surface area contributed by atoms with E-state index in [1.807, 2.05) is 0 Å². The molecule has 0 aliphatic heterocycles. The van der Waals surface area contributed by atoms with E-state index < -0.39 is 20.3 Å². The molecule has 3 N–H and O–H groups in total. The van der Waals surface area contributed by atoms with E-state index in [9.17, 15) is 14.7 Å². The van der Waals surface area contributed by atoms with Gasteiger partial charge in [0.2, 0.25) is 0 Å². The van der Waals surface area contributed by atoms with Gasteiger partial charge >= 0.3 is 14.5 Å². The maximum Gasteiger partial charge on any atom is 0.389 e. The van der Waals surface area contributed by atoms with E-state index in [1.165, 1.54) is 31.3 Å². The molecule has 15 heavy (non-hydrogen) atoms. The maximum absolute atomic E-state index is 10.7. The smallest absolute Gasteiger partial charge is 0.389 e. The predicted molar refractivity (Wildman–Crippen MR) is 55.4 cm³/mol. The van der Waals surface area contributed by atoms with Gasteiger partial charge in [-0.2, -0.15) is 0 Å². The predicted octanol–water partition coefficient (Wildman–Crippen LogP) is 1.16. The highest BCUT2D eigenvalue weighted by molar-refractivity contribution is 6.63. The monoisotopic (exact) mass is 228 g/mol. The van der Waals surface area contributed by atoms with E-state index >= 15 is 0 Å². The molecule has 0 heterocycles. The van der Waals surface area contributed by atoms with Crippen LogP contribution in [-0.2, 0) is 0 Å². The van der Waals surface area contributed by atoms with Crippen molar-refractivity contribution in [1.29, 1.82) is 0 Å². The van der Waals surface area contributed by atoms with Crippen molar-refractivity contribution in [3.05, 3.63) is 23.8 Å². The number of carboxylic acid groups (broad SMARTS) is 1. The summed E-state index contributed by atoms with van der Waals surface area (Å²) < 4.78 is 5.10. The third-order valence-electron chi connectivity index (χ3n) is 1.59. The molecular formula is C9H12O5Si. The van der Waals surface area contributed by atoms with Gasteiger partial charge < -0.3 is 19.4 Å². The largest absolute Gasteiger partial charge is 0.518 e. The van der Waals surface area contributed by atoms with Gasteiger partial charge in [-0.05, 0) is 25.2 Å². The number of benzene rings is 1. The summed E-state index contributed by atoms with van der Waals surface area (Å²) in [5, 5.41) is 18.2. The summed E-state index contributed by atoms with van der Waals surface area (Å²) in [4.78, 5) is 20.2. The van der Waals surface area contributed by atoms with Crippen molar-refractivity contribution in [2.45, 2.75) is 13.1 Å². The minimum absolute atomic E-state index is 0.00549. The SMILES string of the molecule is C[Si](C)(O)Oc1cccc(C(=O)O)c1O. The lowest BCUT2D eigenvalue weighted by Gasteiger charge is -2.18. The Bertz CT molecular complexity index is 383. The van der Waals surface area contributed by atoms with Crippen molar-refractivity contribution in [2.24, 2.45) is 0 Å². The van der Waals surface area contributed by atoms with Gasteiger partial charge in [-0.1, -0.05) is 6.07 Å². The molecule has 1 aromatic rings. The Morgan fingerprint density at radius 1 is 1.40 bits per heavy atom. The minimum Gasteiger partial charge on any atom is -0.518 e. The van der Waals surface area contributed by atoms with Gasteiger partial charge in [-0.25, -0.2) is 4.79 Å². The Morgan fingerprint density at radius 2 is 2.00 bits per heavy atom. The van der Waals surface area contributed by atoms with Crippen LogP contribution in [-0.4, -0.2) is 29.5 Å². The number of phenols is 1. The van der Waals surface area contributed by atoms with Crippen LogP contribution in [0.25, 0.3) is 0 Å². The lowest BCUT2D eigenvalue weighted by molar-refractivity contribution is 0.0693. The highest BCUT2D eigenvalue weighted by atomic mass is 28.4. The van der Waals surface area contributed by atoms with Crippen LogP contribution >= 0.6 is 0 Å². The van der Waals surface area contributed by atoms with E-state index in [-0.39, 0.29) is 11.3 Å². The van der Waals surface area contributed by atoms with Crippen LogP contribution in [0.2, 0.25) is 13.1 Å². The van der Waals surface area contributed by atoms with Gasteiger partial charge in [-0.3, -0.25) is 0 Å². The molecular weight excluding hydrogens is 216 g/mol. The second kappa shape index (κ2) is 3.91. The van der Waals surface area contributed by atoms with E-state index in [0.29, 0.717) is 0 Å². The summed E-state index contributed by atoms with van der Waals surface area (Å²) in [7, 11) is -2.84. The zero-order valence-corrected chi connectivity index (χ0v) is 9.39. The molecule has 0 radical (unpaired) electrons. The van der Waals surface area contributed by atoms with Crippen molar-refractivity contribution in [3.63, 3.8) is 0 Å². The fourth-order valence-electron chi connectivity index (χ4n) is 1.05. The summed E-state index contributed by atoms with van der Waals surface area (Å²) in [5.74, 6) is -1.70. The Morgan fingerprint density at radius 3 is 2.47 bits per heavy atom. The minimum atomic E-state index is -2.84. The molecule has 0 unspecified atom stereocenters. The van der Waals surface area contributed by atoms with E-state index in [4.69, 9.17) is 9.53 Å². The molecule has 0 fully saturated rings. The van der Waals surface area contributed by atoms with Crippen LogP contribution in [0.1, 0.15) is 10.4 Å². The van der Waals surface area contributed by atoms with Gasteiger partial charge in [0.25, 0.3) is 0 Å². The van der Waals surface area contributed by atoms with Gasteiger partial charge in [0.05, 0.1) is 0 Å². The van der Waals surface area contributed by atoms with Crippen molar-refractivity contribution in [3.8, 4) is 11.5 Å². The summed E-state index contributed by atoms with van der Waals surface area (Å²) in [6, 6.07) is 4.11. The average Bonchev–Trinajstić information content (AvgIpc) is 2.05. The molecule has 1 aromatic carbocycles. The second-order valence-electron chi connectivity index (χ2n) is 3.51. The zero-order chi connectivity index (χ0) is 11.6. The fraction of sp³-hybridized carbons (Fsp3) is 0.222. The Labute approximate surface area is 87.8 Å². The summed E-state index contributed by atoms with van der Waals surface area (Å²) in [5.41, 5.74) is -0.245. The van der Waals surface area contributed by atoms with Gasteiger partial charge in [0.15, 0.2) is 5.75 Å². The lowest BCUT2D eigenvalue weighted by atomic mass is 10.2.